The predicted molar refractivity (Wildman–Crippen MR) is 73.1 cm³/mol. The van der Waals surface area contributed by atoms with Crippen LogP contribution in [0.4, 0.5) is 20.2 Å². The first-order valence-electron chi connectivity index (χ1n) is 5.72. The number of benzene rings is 1. The number of hydrogen-bond donors (Lipinski definition) is 1. The van der Waals surface area contributed by atoms with E-state index < -0.39 is 11.6 Å². The van der Waals surface area contributed by atoms with Crippen molar-refractivity contribution in [1.29, 1.82) is 5.26 Å². The third-order valence-electron chi connectivity index (χ3n) is 2.71. The van der Waals surface area contributed by atoms with Crippen molar-refractivity contribution >= 4 is 23.0 Å². The molecule has 2 rings (SSSR count). The molecule has 6 heteroatoms. The summed E-state index contributed by atoms with van der Waals surface area (Å²) in [7, 11) is 0. The molecule has 3 nitrogen and oxygen atoms in total. The van der Waals surface area contributed by atoms with E-state index in [1.165, 1.54) is 0 Å². The number of halogens is 3. The molecule has 0 aliphatic carbocycles. The molecule has 102 valence electrons. The number of nitriles is 1. The minimum atomic E-state index is -0.828. The Morgan fingerprint density at radius 3 is 2.55 bits per heavy atom. The van der Waals surface area contributed by atoms with Gasteiger partial charge < -0.3 is 5.32 Å². The van der Waals surface area contributed by atoms with Crippen LogP contribution in [0.1, 0.15) is 17.0 Å². The van der Waals surface area contributed by atoms with Gasteiger partial charge in [-0.05, 0) is 26.0 Å². The zero-order chi connectivity index (χ0) is 14.9. The molecule has 0 atom stereocenters. The zero-order valence-corrected chi connectivity index (χ0v) is 11.5. The molecule has 1 aromatic heterocycles. The van der Waals surface area contributed by atoms with Gasteiger partial charge in [0.25, 0.3) is 0 Å². The Morgan fingerprint density at radius 2 is 1.95 bits per heavy atom. The molecule has 1 N–H and O–H groups in total. The second kappa shape index (κ2) is 5.43. The van der Waals surface area contributed by atoms with Crippen molar-refractivity contribution in [2.75, 3.05) is 5.32 Å². The van der Waals surface area contributed by atoms with Gasteiger partial charge in [0.2, 0.25) is 0 Å². The maximum Gasteiger partial charge on any atom is 0.151 e. The zero-order valence-electron chi connectivity index (χ0n) is 10.8. The summed E-state index contributed by atoms with van der Waals surface area (Å²) in [6, 6.07) is 5.32. The van der Waals surface area contributed by atoms with Crippen molar-refractivity contribution < 1.29 is 8.78 Å². The van der Waals surface area contributed by atoms with Gasteiger partial charge in [-0.1, -0.05) is 11.6 Å². The average Bonchev–Trinajstić information content (AvgIpc) is 2.33. The highest BCUT2D eigenvalue weighted by atomic mass is 35.5. The summed E-state index contributed by atoms with van der Waals surface area (Å²) in [4.78, 5) is 4.16. The van der Waals surface area contributed by atoms with Crippen LogP contribution >= 0.6 is 11.6 Å². The van der Waals surface area contributed by atoms with Crippen LogP contribution in [-0.2, 0) is 0 Å². The Bertz CT molecular complexity index is 700. The first-order chi connectivity index (χ1) is 9.42. The maximum absolute atomic E-state index is 13.7. The van der Waals surface area contributed by atoms with Gasteiger partial charge in [-0.2, -0.15) is 5.26 Å². The fourth-order valence-electron chi connectivity index (χ4n) is 1.86. The van der Waals surface area contributed by atoms with Crippen molar-refractivity contribution in [1.82, 2.24) is 4.98 Å². The number of nitrogens with zero attached hydrogens (tertiary/aromatic N) is 2. The molecule has 1 aromatic carbocycles. The van der Waals surface area contributed by atoms with Crippen LogP contribution < -0.4 is 5.32 Å². The SMILES string of the molecule is Cc1cc(Nc2c(F)cc(F)cc2Cl)c(C#N)c(C)n1. The van der Waals surface area contributed by atoms with E-state index in [2.05, 4.69) is 10.3 Å². The quantitative estimate of drug-likeness (QED) is 0.900. The van der Waals surface area contributed by atoms with E-state index in [1.54, 1.807) is 19.9 Å². The third-order valence-corrected chi connectivity index (χ3v) is 3.00. The highest BCUT2D eigenvalue weighted by Crippen LogP contribution is 2.31. The number of rotatable bonds is 2. The molecule has 0 bridgehead atoms. The summed E-state index contributed by atoms with van der Waals surface area (Å²) in [5.41, 5.74) is 1.78. The number of hydrogen-bond acceptors (Lipinski definition) is 3. The lowest BCUT2D eigenvalue weighted by Gasteiger charge is -2.13. The summed E-state index contributed by atoms with van der Waals surface area (Å²) in [6.07, 6.45) is 0. The number of nitrogens with one attached hydrogen (secondary N) is 1. The number of pyridine rings is 1. The largest absolute Gasteiger partial charge is 0.351 e. The van der Waals surface area contributed by atoms with Crippen molar-refractivity contribution in [3.05, 3.63) is 51.8 Å². The summed E-state index contributed by atoms with van der Waals surface area (Å²) >= 11 is 5.82. The van der Waals surface area contributed by atoms with Crippen LogP contribution in [0.3, 0.4) is 0 Å². The Morgan fingerprint density at radius 1 is 1.25 bits per heavy atom. The molecule has 2 aromatic rings. The normalized spacial score (nSPS) is 10.2. The Labute approximate surface area is 119 Å². The van der Waals surface area contributed by atoms with E-state index in [9.17, 15) is 8.78 Å². The molecular weight excluding hydrogens is 284 g/mol. The molecule has 0 spiro atoms. The van der Waals surface area contributed by atoms with Gasteiger partial charge in [-0.25, -0.2) is 8.78 Å². The monoisotopic (exact) mass is 293 g/mol. The molecule has 20 heavy (non-hydrogen) atoms. The second-order valence-corrected chi connectivity index (χ2v) is 4.66. The van der Waals surface area contributed by atoms with Gasteiger partial charge >= 0.3 is 0 Å². The smallest absolute Gasteiger partial charge is 0.151 e. The van der Waals surface area contributed by atoms with Gasteiger partial charge in [-0.3, -0.25) is 4.98 Å². The molecule has 0 saturated heterocycles. The number of aryl methyl sites for hydroxylation is 2. The predicted octanol–water partition coefficient (Wildman–Crippen LogP) is 4.25. The van der Waals surface area contributed by atoms with Gasteiger partial charge in [0, 0.05) is 11.8 Å². The molecule has 1 heterocycles. The van der Waals surface area contributed by atoms with E-state index in [-0.39, 0.29) is 16.3 Å². The first-order valence-corrected chi connectivity index (χ1v) is 6.10. The lowest BCUT2D eigenvalue weighted by molar-refractivity contribution is 0.586. The molecular formula is C14H10ClF2N3. The Balaban J connectivity index is 2.54. The summed E-state index contributed by atoms with van der Waals surface area (Å²) in [5.74, 6) is -1.59. The van der Waals surface area contributed by atoms with E-state index >= 15 is 0 Å². The first kappa shape index (κ1) is 14.2. The molecule has 0 amide bonds. The molecule has 0 aliphatic rings. The molecule has 0 saturated carbocycles. The highest BCUT2D eigenvalue weighted by molar-refractivity contribution is 6.33. The second-order valence-electron chi connectivity index (χ2n) is 4.25. The minimum absolute atomic E-state index is 0.0745. The van der Waals surface area contributed by atoms with E-state index in [1.807, 2.05) is 6.07 Å². The van der Waals surface area contributed by atoms with Gasteiger partial charge in [0.05, 0.1) is 27.7 Å². The highest BCUT2D eigenvalue weighted by Gasteiger charge is 2.14. The Hall–Kier alpha value is -2.19. The van der Waals surface area contributed by atoms with Gasteiger partial charge in [0.15, 0.2) is 5.82 Å². The lowest BCUT2D eigenvalue weighted by atomic mass is 10.1. The van der Waals surface area contributed by atoms with Gasteiger partial charge in [-0.15, -0.1) is 0 Å². The molecule has 0 radical (unpaired) electrons. The van der Waals surface area contributed by atoms with Crippen molar-refractivity contribution in [2.24, 2.45) is 0 Å². The van der Waals surface area contributed by atoms with Crippen molar-refractivity contribution in [3.8, 4) is 6.07 Å². The molecule has 0 unspecified atom stereocenters. The van der Waals surface area contributed by atoms with Crippen LogP contribution in [0.25, 0.3) is 0 Å². The minimum Gasteiger partial charge on any atom is -0.351 e. The molecule has 0 aliphatic heterocycles. The fourth-order valence-corrected chi connectivity index (χ4v) is 2.11. The van der Waals surface area contributed by atoms with Crippen LogP contribution in [-0.4, -0.2) is 4.98 Å². The van der Waals surface area contributed by atoms with E-state index in [0.29, 0.717) is 17.1 Å². The Kier molecular flexibility index (Phi) is 3.86. The standard InChI is InChI=1S/C14H10ClF2N3/c1-7-3-13(10(6-18)8(2)19-7)20-14-11(15)4-9(16)5-12(14)17/h3-5H,1-2H3,(H,19,20). The number of anilines is 2. The van der Waals surface area contributed by atoms with E-state index in [0.717, 1.165) is 12.1 Å². The summed E-state index contributed by atoms with van der Waals surface area (Å²) in [5, 5.41) is 11.8. The molecule has 0 fully saturated rings. The van der Waals surface area contributed by atoms with Crippen molar-refractivity contribution in [3.63, 3.8) is 0 Å². The third kappa shape index (κ3) is 2.70. The summed E-state index contributed by atoms with van der Waals surface area (Å²) in [6.45, 7) is 3.43. The maximum atomic E-state index is 13.7. The van der Waals surface area contributed by atoms with E-state index in [4.69, 9.17) is 16.9 Å². The van der Waals surface area contributed by atoms with Crippen LogP contribution in [0.2, 0.25) is 5.02 Å². The number of aromatic nitrogens is 1. The average molecular weight is 294 g/mol. The fraction of sp³-hybridized carbons (Fsp3) is 0.143. The topological polar surface area (TPSA) is 48.7 Å². The lowest BCUT2D eigenvalue weighted by Crippen LogP contribution is -2.02. The van der Waals surface area contributed by atoms with Crippen LogP contribution in [0, 0.1) is 36.8 Å². The van der Waals surface area contributed by atoms with Crippen molar-refractivity contribution in [2.45, 2.75) is 13.8 Å². The van der Waals surface area contributed by atoms with Gasteiger partial charge in [0.1, 0.15) is 11.9 Å². The summed E-state index contributed by atoms with van der Waals surface area (Å²) < 4.78 is 26.8. The van der Waals surface area contributed by atoms with Crippen LogP contribution in [0.15, 0.2) is 18.2 Å². The van der Waals surface area contributed by atoms with Crippen LogP contribution in [0.5, 0.6) is 0 Å².